The quantitative estimate of drug-likeness (QED) is 0.389. The molecule has 1 saturated carbocycles. The maximum absolute atomic E-state index is 10.3. The molecule has 2 heterocycles. The van der Waals surface area contributed by atoms with Gasteiger partial charge in [-0.2, -0.15) is 0 Å². The summed E-state index contributed by atoms with van der Waals surface area (Å²) in [7, 11) is 0. The van der Waals surface area contributed by atoms with Crippen molar-refractivity contribution in [1.82, 2.24) is 4.98 Å². The average molecular weight is 497 g/mol. The summed E-state index contributed by atoms with van der Waals surface area (Å²) in [5.41, 5.74) is 4.47. The smallest absolute Gasteiger partial charge is 0.148 e. The second-order valence-electron chi connectivity index (χ2n) is 9.53. The summed E-state index contributed by atoms with van der Waals surface area (Å²) in [6.45, 7) is 2.21. The molecule has 178 valence electrons. The fourth-order valence-corrected chi connectivity index (χ4v) is 5.88. The third kappa shape index (κ3) is 4.77. The number of aromatic nitrogens is 1. The molecule has 2 fully saturated rings. The van der Waals surface area contributed by atoms with Crippen LogP contribution >= 0.6 is 23.2 Å². The lowest BCUT2D eigenvalue weighted by molar-refractivity contribution is 0.225. The Morgan fingerprint density at radius 1 is 0.941 bits per heavy atom. The monoisotopic (exact) mass is 496 g/mol. The topological polar surface area (TPSA) is 45.6 Å². The van der Waals surface area contributed by atoms with Crippen LogP contribution in [0.15, 0.2) is 54.6 Å². The van der Waals surface area contributed by atoms with Crippen molar-refractivity contribution >= 4 is 28.9 Å². The van der Waals surface area contributed by atoms with E-state index in [1.807, 2.05) is 48.5 Å². The molecule has 1 N–H and O–H groups in total. The molecule has 0 bridgehead atoms. The fraction of sp³-hybridized carbons (Fsp3) is 0.393. The lowest BCUT2D eigenvalue weighted by atomic mass is 9.77. The molecule has 6 heteroatoms. The van der Waals surface area contributed by atoms with E-state index in [0.29, 0.717) is 44.8 Å². The van der Waals surface area contributed by atoms with Gasteiger partial charge in [0.15, 0.2) is 0 Å². The zero-order chi connectivity index (χ0) is 23.5. The van der Waals surface area contributed by atoms with Crippen molar-refractivity contribution in [3.63, 3.8) is 0 Å². The van der Waals surface area contributed by atoms with Gasteiger partial charge in [-0.1, -0.05) is 78.5 Å². The molecule has 5 rings (SSSR count). The molecular weight excluding hydrogens is 467 g/mol. The first kappa shape index (κ1) is 23.5. The van der Waals surface area contributed by atoms with E-state index in [1.54, 1.807) is 6.07 Å². The van der Waals surface area contributed by atoms with Crippen molar-refractivity contribution in [1.29, 1.82) is 0 Å². The predicted molar refractivity (Wildman–Crippen MR) is 139 cm³/mol. The molecule has 0 amide bonds. The average Bonchev–Trinajstić information content (AvgIpc) is 3.33. The summed E-state index contributed by atoms with van der Waals surface area (Å²) >= 11 is 12.9. The van der Waals surface area contributed by atoms with Crippen LogP contribution in [-0.2, 0) is 13.2 Å². The van der Waals surface area contributed by atoms with Gasteiger partial charge in [0, 0.05) is 24.7 Å². The van der Waals surface area contributed by atoms with Gasteiger partial charge >= 0.3 is 0 Å². The Hall–Kier alpha value is -2.27. The standard InChI is InChI=1S/C28H30Cl2N2O2/c29-22-10-6-9-21(26(22)30)27-25(34-19-20-7-2-1-3-8-20)17-24(23(18-33)31-27)32-15-13-28(14-16-32)11-4-5-12-28/h1-3,6-10,17,33H,4-5,11-16,18-19H2. The highest BCUT2D eigenvalue weighted by atomic mass is 35.5. The van der Waals surface area contributed by atoms with Gasteiger partial charge < -0.3 is 14.7 Å². The molecule has 0 unspecified atom stereocenters. The number of aliphatic hydroxyl groups excluding tert-OH is 1. The summed E-state index contributed by atoms with van der Waals surface area (Å²) < 4.78 is 6.32. The Bertz CT molecular complexity index is 1140. The van der Waals surface area contributed by atoms with Crippen LogP contribution in [0.4, 0.5) is 5.69 Å². The minimum absolute atomic E-state index is 0.152. The van der Waals surface area contributed by atoms with Gasteiger partial charge in [0.05, 0.1) is 28.0 Å². The van der Waals surface area contributed by atoms with Crippen LogP contribution < -0.4 is 9.64 Å². The Labute approximate surface area is 211 Å². The second kappa shape index (κ2) is 10.2. The molecule has 34 heavy (non-hydrogen) atoms. The summed E-state index contributed by atoms with van der Waals surface area (Å²) in [5.74, 6) is 0.640. The molecule has 1 saturated heterocycles. The SMILES string of the molecule is OCc1nc(-c2cccc(Cl)c2Cl)c(OCc2ccccc2)cc1N1CCC2(CCCC2)CC1. The molecule has 4 nitrogen and oxygen atoms in total. The molecule has 1 aromatic heterocycles. The van der Waals surface area contributed by atoms with Gasteiger partial charge in [0.25, 0.3) is 0 Å². The lowest BCUT2D eigenvalue weighted by Gasteiger charge is -2.41. The predicted octanol–water partition coefficient (Wildman–Crippen LogP) is 7.29. The lowest BCUT2D eigenvalue weighted by Crippen LogP contribution is -2.39. The third-order valence-corrected chi connectivity index (χ3v) is 8.29. The highest BCUT2D eigenvalue weighted by molar-refractivity contribution is 6.43. The van der Waals surface area contributed by atoms with Gasteiger partial charge in [0.2, 0.25) is 0 Å². The summed E-state index contributed by atoms with van der Waals surface area (Å²) in [5, 5.41) is 11.1. The third-order valence-electron chi connectivity index (χ3n) is 7.47. The van der Waals surface area contributed by atoms with Crippen molar-refractivity contribution < 1.29 is 9.84 Å². The van der Waals surface area contributed by atoms with Crippen LogP contribution in [-0.4, -0.2) is 23.2 Å². The van der Waals surface area contributed by atoms with Gasteiger partial charge in [-0.05, 0) is 42.7 Å². The van der Waals surface area contributed by atoms with E-state index >= 15 is 0 Å². The van der Waals surface area contributed by atoms with E-state index < -0.39 is 0 Å². The number of halogens is 2. The first-order valence-corrected chi connectivity index (χ1v) is 12.8. The van der Waals surface area contributed by atoms with Crippen LogP contribution in [0.3, 0.4) is 0 Å². The summed E-state index contributed by atoms with van der Waals surface area (Å²) in [6, 6.07) is 17.6. The van der Waals surface area contributed by atoms with Crippen molar-refractivity contribution in [2.75, 3.05) is 18.0 Å². The minimum Gasteiger partial charge on any atom is -0.487 e. The minimum atomic E-state index is -0.152. The number of anilines is 1. The van der Waals surface area contributed by atoms with E-state index in [0.717, 1.165) is 24.3 Å². The zero-order valence-corrected chi connectivity index (χ0v) is 20.8. The maximum Gasteiger partial charge on any atom is 0.148 e. The van der Waals surface area contributed by atoms with Gasteiger partial charge in [-0.15, -0.1) is 0 Å². The van der Waals surface area contributed by atoms with Crippen molar-refractivity contribution in [3.05, 3.63) is 75.9 Å². The number of aliphatic hydroxyl groups is 1. The van der Waals surface area contributed by atoms with Crippen molar-refractivity contribution in [2.24, 2.45) is 5.41 Å². The number of hydrogen-bond acceptors (Lipinski definition) is 4. The highest BCUT2D eigenvalue weighted by Gasteiger charge is 2.37. The zero-order valence-electron chi connectivity index (χ0n) is 19.3. The highest BCUT2D eigenvalue weighted by Crippen LogP contribution is 2.47. The van der Waals surface area contributed by atoms with Crippen molar-refractivity contribution in [3.8, 4) is 17.0 Å². The molecule has 3 aromatic rings. The number of ether oxygens (including phenoxy) is 1. The molecule has 2 aliphatic rings. The Morgan fingerprint density at radius 3 is 2.38 bits per heavy atom. The summed E-state index contributed by atoms with van der Waals surface area (Å²) in [6.07, 6.45) is 7.80. The Morgan fingerprint density at radius 2 is 1.68 bits per heavy atom. The van der Waals surface area contributed by atoms with E-state index in [-0.39, 0.29) is 6.61 Å². The number of piperidine rings is 1. The summed E-state index contributed by atoms with van der Waals surface area (Å²) in [4.78, 5) is 7.24. The maximum atomic E-state index is 10.3. The number of benzene rings is 2. The van der Waals surface area contributed by atoms with E-state index in [2.05, 4.69) is 4.90 Å². The van der Waals surface area contributed by atoms with Crippen LogP contribution in [0.25, 0.3) is 11.3 Å². The fourth-order valence-electron chi connectivity index (χ4n) is 5.49. The molecule has 0 atom stereocenters. The molecule has 1 aliphatic carbocycles. The number of hydrogen-bond donors (Lipinski definition) is 1. The van der Waals surface area contributed by atoms with Crippen LogP contribution in [0.5, 0.6) is 5.75 Å². The second-order valence-corrected chi connectivity index (χ2v) is 10.3. The number of rotatable bonds is 6. The first-order valence-electron chi connectivity index (χ1n) is 12.1. The van der Waals surface area contributed by atoms with Gasteiger partial charge in [-0.25, -0.2) is 4.98 Å². The van der Waals surface area contributed by atoms with E-state index in [1.165, 1.54) is 38.5 Å². The van der Waals surface area contributed by atoms with Gasteiger partial charge in [-0.3, -0.25) is 0 Å². The molecule has 0 radical (unpaired) electrons. The van der Waals surface area contributed by atoms with Crippen LogP contribution in [0.2, 0.25) is 10.0 Å². The van der Waals surface area contributed by atoms with E-state index in [4.69, 9.17) is 32.9 Å². The molecular formula is C28H30Cl2N2O2. The van der Waals surface area contributed by atoms with Crippen LogP contribution in [0.1, 0.15) is 49.8 Å². The number of pyridine rings is 1. The molecule has 1 spiro atoms. The largest absolute Gasteiger partial charge is 0.487 e. The normalized spacial score (nSPS) is 17.3. The van der Waals surface area contributed by atoms with Gasteiger partial charge in [0.1, 0.15) is 18.1 Å². The first-order chi connectivity index (χ1) is 16.6. The van der Waals surface area contributed by atoms with Crippen LogP contribution in [0, 0.1) is 5.41 Å². The Balaban J connectivity index is 1.51. The molecule has 2 aromatic carbocycles. The number of nitrogens with zero attached hydrogens (tertiary/aromatic N) is 2. The van der Waals surface area contributed by atoms with Crippen molar-refractivity contribution in [2.45, 2.75) is 51.7 Å². The Kier molecular flexibility index (Phi) is 7.01. The van der Waals surface area contributed by atoms with E-state index in [9.17, 15) is 5.11 Å². The molecule has 1 aliphatic heterocycles.